The molecule has 0 saturated carbocycles. The summed E-state index contributed by atoms with van der Waals surface area (Å²) in [6.07, 6.45) is 1.37. The summed E-state index contributed by atoms with van der Waals surface area (Å²) in [4.78, 5) is 32.7. The molecule has 0 amide bonds. The van der Waals surface area contributed by atoms with Crippen LogP contribution in [0.2, 0.25) is 0 Å². The molecule has 0 radical (unpaired) electrons. The van der Waals surface area contributed by atoms with Crippen molar-refractivity contribution in [3.05, 3.63) is 0 Å². The van der Waals surface area contributed by atoms with Gasteiger partial charge in [0.2, 0.25) is 0 Å². The fourth-order valence-corrected chi connectivity index (χ4v) is 1.01. The van der Waals surface area contributed by atoms with Crippen LogP contribution in [0.1, 0.15) is 39.0 Å². The smallest absolute Gasteiger partial charge is 0.134 e. The Morgan fingerprint density at radius 1 is 0.857 bits per heavy atom. The topological polar surface area (TPSA) is 77.2 Å². The summed E-state index contributed by atoms with van der Waals surface area (Å²) < 4.78 is 0. The third-order valence-electron chi connectivity index (χ3n) is 1.86. The fraction of sp³-hybridized carbons (Fsp3) is 0.700. The monoisotopic (exact) mass is 199 g/mol. The van der Waals surface area contributed by atoms with Crippen LogP contribution in [0, 0.1) is 0 Å². The zero-order chi connectivity index (χ0) is 11.0. The van der Waals surface area contributed by atoms with Crippen molar-refractivity contribution in [2.45, 2.75) is 39.0 Å². The maximum Gasteiger partial charge on any atom is 0.134 e. The highest BCUT2D eigenvalue weighted by atomic mass is 16.1. The first-order valence-corrected chi connectivity index (χ1v) is 4.79. The highest BCUT2D eigenvalue weighted by molar-refractivity contribution is 5.88. The fourth-order valence-electron chi connectivity index (χ4n) is 1.01. The molecule has 80 valence electrons. The van der Waals surface area contributed by atoms with Crippen molar-refractivity contribution in [3.63, 3.8) is 0 Å². The molecular formula is C10H17NO3. The molecule has 0 atom stereocenters. The van der Waals surface area contributed by atoms with E-state index in [9.17, 15) is 14.4 Å². The molecule has 0 saturated heterocycles. The summed E-state index contributed by atoms with van der Waals surface area (Å²) in [5, 5.41) is 0. The summed E-state index contributed by atoms with van der Waals surface area (Å²) in [7, 11) is 0. The zero-order valence-electron chi connectivity index (χ0n) is 8.54. The Morgan fingerprint density at radius 3 is 1.71 bits per heavy atom. The van der Waals surface area contributed by atoms with E-state index in [4.69, 9.17) is 5.73 Å². The van der Waals surface area contributed by atoms with Gasteiger partial charge in [0.1, 0.15) is 17.3 Å². The van der Waals surface area contributed by atoms with Crippen LogP contribution >= 0.6 is 0 Å². The van der Waals surface area contributed by atoms with Gasteiger partial charge in [-0.25, -0.2) is 0 Å². The maximum atomic E-state index is 11.1. The highest BCUT2D eigenvalue weighted by Gasteiger charge is 2.07. The number of rotatable bonds is 8. The van der Waals surface area contributed by atoms with E-state index in [0.717, 1.165) is 0 Å². The average Bonchev–Trinajstić information content (AvgIpc) is 2.12. The Bertz CT molecular complexity index is 223. The standard InChI is InChI=1S/C10H17NO3/c1-8(12)2-3-9(13)4-5-10(14)6-7-11/h2-7,11H2,1H3. The van der Waals surface area contributed by atoms with E-state index in [1.165, 1.54) is 6.92 Å². The van der Waals surface area contributed by atoms with Gasteiger partial charge in [0.05, 0.1) is 0 Å². The predicted octanol–water partition coefficient (Wildman–Crippen LogP) is 0.623. The molecule has 0 unspecified atom stereocenters. The van der Waals surface area contributed by atoms with Crippen LogP contribution in [-0.4, -0.2) is 23.9 Å². The number of carbonyl (C=O) groups excluding carboxylic acids is 3. The number of hydrogen-bond donors (Lipinski definition) is 1. The van der Waals surface area contributed by atoms with Gasteiger partial charge < -0.3 is 10.5 Å². The van der Waals surface area contributed by atoms with E-state index >= 15 is 0 Å². The summed E-state index contributed by atoms with van der Waals surface area (Å²) in [6, 6.07) is 0. The molecule has 0 spiro atoms. The second kappa shape index (κ2) is 7.38. The third kappa shape index (κ3) is 7.61. The molecular weight excluding hydrogens is 182 g/mol. The van der Waals surface area contributed by atoms with Gasteiger partial charge in [0.15, 0.2) is 0 Å². The van der Waals surface area contributed by atoms with Gasteiger partial charge in [0.25, 0.3) is 0 Å². The van der Waals surface area contributed by atoms with Crippen LogP contribution in [0.5, 0.6) is 0 Å². The molecule has 4 heteroatoms. The first-order valence-electron chi connectivity index (χ1n) is 4.79. The van der Waals surface area contributed by atoms with Crippen LogP contribution in [0.4, 0.5) is 0 Å². The van der Waals surface area contributed by atoms with E-state index in [0.29, 0.717) is 13.0 Å². The molecule has 0 fully saturated rings. The molecule has 0 aromatic rings. The van der Waals surface area contributed by atoms with Gasteiger partial charge in [0, 0.05) is 32.1 Å². The Morgan fingerprint density at radius 2 is 1.29 bits per heavy atom. The number of hydrogen-bond acceptors (Lipinski definition) is 4. The first kappa shape index (κ1) is 13.0. The molecule has 0 aliphatic rings. The van der Waals surface area contributed by atoms with Gasteiger partial charge in [-0.1, -0.05) is 0 Å². The number of ketones is 3. The van der Waals surface area contributed by atoms with Gasteiger partial charge >= 0.3 is 0 Å². The Labute approximate surface area is 83.8 Å². The lowest BCUT2D eigenvalue weighted by Crippen LogP contribution is -2.10. The van der Waals surface area contributed by atoms with Crippen molar-refractivity contribution in [2.75, 3.05) is 6.54 Å². The number of nitrogens with two attached hydrogens (primary N) is 1. The Hall–Kier alpha value is -1.03. The SMILES string of the molecule is CC(=O)CCC(=O)CCC(=O)CCN. The summed E-state index contributed by atoms with van der Waals surface area (Å²) in [5.74, 6) is 0.000816. The van der Waals surface area contributed by atoms with Gasteiger partial charge in [-0.3, -0.25) is 9.59 Å². The van der Waals surface area contributed by atoms with Crippen LogP contribution < -0.4 is 5.73 Å². The lowest BCUT2D eigenvalue weighted by molar-refractivity contribution is -0.125. The van der Waals surface area contributed by atoms with Gasteiger partial charge in [-0.05, 0) is 13.5 Å². The van der Waals surface area contributed by atoms with E-state index in [1.54, 1.807) is 0 Å². The van der Waals surface area contributed by atoms with Crippen molar-refractivity contribution >= 4 is 17.3 Å². The number of Topliss-reactive ketones (excluding diaryl/α,β-unsaturated/α-hetero) is 3. The summed E-state index contributed by atoms with van der Waals surface area (Å²) in [6.45, 7) is 1.79. The minimum atomic E-state index is -0.0226. The molecule has 4 nitrogen and oxygen atoms in total. The van der Waals surface area contributed by atoms with E-state index in [2.05, 4.69) is 0 Å². The van der Waals surface area contributed by atoms with Crippen molar-refractivity contribution < 1.29 is 14.4 Å². The van der Waals surface area contributed by atoms with E-state index < -0.39 is 0 Å². The second-order valence-corrected chi connectivity index (χ2v) is 3.32. The molecule has 0 aromatic carbocycles. The van der Waals surface area contributed by atoms with E-state index in [1.807, 2.05) is 0 Å². The van der Waals surface area contributed by atoms with Crippen LogP contribution in [0.25, 0.3) is 0 Å². The summed E-state index contributed by atoms with van der Waals surface area (Å²) in [5.41, 5.74) is 5.18. The van der Waals surface area contributed by atoms with Crippen molar-refractivity contribution in [1.29, 1.82) is 0 Å². The molecule has 0 aliphatic heterocycles. The first-order chi connectivity index (χ1) is 6.56. The highest BCUT2D eigenvalue weighted by Crippen LogP contribution is 2.01. The zero-order valence-corrected chi connectivity index (χ0v) is 8.54. The number of carbonyl (C=O) groups is 3. The van der Waals surface area contributed by atoms with Crippen LogP contribution in [0.3, 0.4) is 0 Å². The maximum absolute atomic E-state index is 11.1. The van der Waals surface area contributed by atoms with Crippen molar-refractivity contribution in [2.24, 2.45) is 5.73 Å². The molecule has 0 heterocycles. The molecule has 2 N–H and O–H groups in total. The van der Waals surface area contributed by atoms with E-state index in [-0.39, 0.29) is 43.0 Å². The molecule has 14 heavy (non-hydrogen) atoms. The molecule has 0 aromatic heterocycles. The lowest BCUT2D eigenvalue weighted by Gasteiger charge is -1.98. The predicted molar refractivity (Wildman–Crippen MR) is 52.8 cm³/mol. The minimum absolute atomic E-state index is 0.00614. The van der Waals surface area contributed by atoms with Crippen molar-refractivity contribution in [1.82, 2.24) is 0 Å². The Balaban J connectivity index is 3.53. The van der Waals surface area contributed by atoms with Gasteiger partial charge in [-0.2, -0.15) is 0 Å². The summed E-state index contributed by atoms with van der Waals surface area (Å²) >= 11 is 0. The minimum Gasteiger partial charge on any atom is -0.330 e. The lowest BCUT2D eigenvalue weighted by atomic mass is 10.1. The third-order valence-corrected chi connectivity index (χ3v) is 1.86. The van der Waals surface area contributed by atoms with Crippen molar-refractivity contribution in [3.8, 4) is 0 Å². The molecule has 0 aliphatic carbocycles. The normalized spacial score (nSPS) is 9.86. The van der Waals surface area contributed by atoms with Gasteiger partial charge in [-0.15, -0.1) is 0 Å². The van der Waals surface area contributed by atoms with Crippen LogP contribution in [0.15, 0.2) is 0 Å². The average molecular weight is 199 g/mol. The molecule has 0 rings (SSSR count). The molecule has 0 bridgehead atoms. The quantitative estimate of drug-likeness (QED) is 0.621. The van der Waals surface area contributed by atoms with Crippen LogP contribution in [-0.2, 0) is 14.4 Å². The largest absolute Gasteiger partial charge is 0.330 e. The second-order valence-electron chi connectivity index (χ2n) is 3.32. The Kier molecular flexibility index (Phi) is 6.84.